The third-order valence-corrected chi connectivity index (χ3v) is 5.48. The Bertz CT molecular complexity index is 1080. The summed E-state index contributed by atoms with van der Waals surface area (Å²) in [5, 5.41) is 7.07. The summed E-state index contributed by atoms with van der Waals surface area (Å²) in [4.78, 5) is 14.8. The molecule has 0 aliphatic carbocycles. The Kier molecular flexibility index (Phi) is 6.75. The SMILES string of the molecule is O=C(NCC(c1ccc(C(F)(F)F)cc1)N1CCOCC1)c1ccn(-c2ccc(F)cc2)n1. The van der Waals surface area contributed by atoms with Crippen LogP contribution in [0.3, 0.4) is 0 Å². The summed E-state index contributed by atoms with van der Waals surface area (Å²) in [6.45, 7) is 2.40. The highest BCUT2D eigenvalue weighted by Gasteiger charge is 2.31. The minimum atomic E-state index is -4.41. The van der Waals surface area contributed by atoms with E-state index in [9.17, 15) is 22.4 Å². The molecule has 1 amide bonds. The van der Waals surface area contributed by atoms with Gasteiger partial charge in [0.15, 0.2) is 5.69 Å². The van der Waals surface area contributed by atoms with E-state index in [1.165, 1.54) is 28.9 Å². The highest BCUT2D eigenvalue weighted by Crippen LogP contribution is 2.31. The Morgan fingerprint density at radius 2 is 1.70 bits per heavy atom. The van der Waals surface area contributed by atoms with Gasteiger partial charge in [-0.1, -0.05) is 12.1 Å². The van der Waals surface area contributed by atoms with Gasteiger partial charge in [-0.3, -0.25) is 9.69 Å². The first-order valence-corrected chi connectivity index (χ1v) is 10.4. The number of benzene rings is 2. The van der Waals surface area contributed by atoms with E-state index in [-0.39, 0.29) is 24.1 Å². The van der Waals surface area contributed by atoms with Crippen LogP contribution in [0.15, 0.2) is 60.8 Å². The summed E-state index contributed by atoms with van der Waals surface area (Å²) in [7, 11) is 0. The maximum atomic E-state index is 13.1. The number of alkyl halides is 3. The number of amides is 1. The van der Waals surface area contributed by atoms with Crippen LogP contribution in [0.2, 0.25) is 0 Å². The van der Waals surface area contributed by atoms with Crippen molar-refractivity contribution in [2.45, 2.75) is 12.2 Å². The summed E-state index contributed by atoms with van der Waals surface area (Å²) >= 11 is 0. The van der Waals surface area contributed by atoms with Crippen LogP contribution >= 0.6 is 0 Å². The van der Waals surface area contributed by atoms with Crippen LogP contribution in [0.4, 0.5) is 17.6 Å². The number of carbonyl (C=O) groups excluding carboxylic acids is 1. The molecule has 33 heavy (non-hydrogen) atoms. The largest absolute Gasteiger partial charge is 0.416 e. The lowest BCUT2D eigenvalue weighted by molar-refractivity contribution is -0.137. The lowest BCUT2D eigenvalue weighted by atomic mass is 10.0. The van der Waals surface area contributed by atoms with E-state index >= 15 is 0 Å². The average Bonchev–Trinajstić information content (AvgIpc) is 3.30. The van der Waals surface area contributed by atoms with Gasteiger partial charge >= 0.3 is 6.18 Å². The first kappa shape index (κ1) is 22.9. The molecule has 2 aromatic carbocycles. The summed E-state index contributed by atoms with van der Waals surface area (Å²) in [6.07, 6.45) is -2.82. The average molecular weight is 462 g/mol. The van der Waals surface area contributed by atoms with Gasteiger partial charge in [-0.05, 0) is 48.0 Å². The van der Waals surface area contributed by atoms with Crippen molar-refractivity contribution in [3.05, 3.63) is 83.4 Å². The van der Waals surface area contributed by atoms with Crippen LogP contribution in [0.25, 0.3) is 5.69 Å². The van der Waals surface area contributed by atoms with Crippen molar-refractivity contribution in [3.63, 3.8) is 0 Å². The number of nitrogens with one attached hydrogen (secondary N) is 1. The molecule has 6 nitrogen and oxygen atoms in total. The predicted molar refractivity (Wildman–Crippen MR) is 112 cm³/mol. The van der Waals surface area contributed by atoms with Crippen LogP contribution in [-0.4, -0.2) is 53.4 Å². The molecule has 1 unspecified atom stereocenters. The summed E-state index contributed by atoms with van der Waals surface area (Å²) in [6, 6.07) is 11.9. The van der Waals surface area contributed by atoms with Gasteiger partial charge in [0.05, 0.1) is 30.5 Å². The quantitative estimate of drug-likeness (QED) is 0.566. The zero-order valence-corrected chi connectivity index (χ0v) is 17.6. The van der Waals surface area contributed by atoms with E-state index in [1.54, 1.807) is 24.4 Å². The minimum Gasteiger partial charge on any atom is -0.379 e. The first-order chi connectivity index (χ1) is 15.8. The molecule has 174 valence electrons. The number of rotatable bonds is 6. The Hall–Kier alpha value is -3.24. The fourth-order valence-electron chi connectivity index (χ4n) is 3.70. The molecule has 1 aliphatic rings. The number of halogens is 4. The van der Waals surface area contributed by atoms with Crippen LogP contribution in [0.1, 0.15) is 27.7 Å². The van der Waals surface area contributed by atoms with Crippen LogP contribution < -0.4 is 5.32 Å². The number of nitrogens with zero attached hydrogens (tertiary/aromatic N) is 3. The van der Waals surface area contributed by atoms with Gasteiger partial charge in [0.1, 0.15) is 5.82 Å². The van der Waals surface area contributed by atoms with Crippen molar-refractivity contribution in [2.75, 3.05) is 32.8 Å². The number of carbonyl (C=O) groups is 1. The Morgan fingerprint density at radius 1 is 1.03 bits per heavy atom. The maximum absolute atomic E-state index is 13.1. The standard InChI is InChI=1S/C23H22F4N4O2/c24-18-5-7-19(8-6-18)31-10-9-20(29-31)22(32)28-15-21(30-11-13-33-14-12-30)16-1-3-17(4-2-16)23(25,26)27/h1-10,21H,11-15H2,(H,28,32). The van der Waals surface area contributed by atoms with E-state index in [0.29, 0.717) is 37.6 Å². The summed E-state index contributed by atoms with van der Waals surface area (Å²) in [5.41, 5.74) is 0.725. The molecule has 0 spiro atoms. The second-order valence-electron chi connectivity index (χ2n) is 7.62. The highest BCUT2D eigenvalue weighted by atomic mass is 19.4. The van der Waals surface area contributed by atoms with Gasteiger partial charge in [-0.15, -0.1) is 0 Å². The van der Waals surface area contributed by atoms with Crippen molar-refractivity contribution < 1.29 is 27.1 Å². The molecule has 0 radical (unpaired) electrons. The van der Waals surface area contributed by atoms with Crippen molar-refractivity contribution in [2.24, 2.45) is 0 Å². The number of morpholine rings is 1. The van der Waals surface area contributed by atoms with Crippen LogP contribution in [-0.2, 0) is 10.9 Å². The molecular weight excluding hydrogens is 440 g/mol. The molecular formula is C23H22F4N4O2. The van der Waals surface area contributed by atoms with E-state index < -0.39 is 17.6 Å². The lowest BCUT2D eigenvalue weighted by Gasteiger charge is -2.35. The molecule has 1 aliphatic heterocycles. The number of hydrogen-bond acceptors (Lipinski definition) is 4. The van der Waals surface area contributed by atoms with Crippen molar-refractivity contribution in [1.82, 2.24) is 20.0 Å². The molecule has 10 heteroatoms. The predicted octanol–water partition coefficient (Wildman–Crippen LogP) is 3.83. The Labute approximate surface area is 187 Å². The molecule has 3 aromatic rings. The molecule has 1 fully saturated rings. The first-order valence-electron chi connectivity index (χ1n) is 10.4. The van der Waals surface area contributed by atoms with Gasteiger partial charge < -0.3 is 10.1 Å². The van der Waals surface area contributed by atoms with Crippen molar-refractivity contribution in [1.29, 1.82) is 0 Å². The van der Waals surface area contributed by atoms with Gasteiger partial charge in [0.2, 0.25) is 0 Å². The third-order valence-electron chi connectivity index (χ3n) is 5.48. The second kappa shape index (κ2) is 9.72. The Morgan fingerprint density at radius 3 is 2.33 bits per heavy atom. The van der Waals surface area contributed by atoms with E-state index in [1.807, 2.05) is 0 Å². The zero-order chi connectivity index (χ0) is 23.4. The topological polar surface area (TPSA) is 59.4 Å². The van der Waals surface area contributed by atoms with Gasteiger partial charge in [0.25, 0.3) is 5.91 Å². The van der Waals surface area contributed by atoms with Gasteiger partial charge in [0, 0.05) is 25.8 Å². The van der Waals surface area contributed by atoms with E-state index in [4.69, 9.17) is 4.74 Å². The summed E-state index contributed by atoms with van der Waals surface area (Å²) < 4.78 is 58.8. The lowest BCUT2D eigenvalue weighted by Crippen LogP contribution is -2.43. The number of hydrogen-bond donors (Lipinski definition) is 1. The second-order valence-corrected chi connectivity index (χ2v) is 7.62. The molecule has 2 heterocycles. The van der Waals surface area contributed by atoms with Crippen molar-refractivity contribution >= 4 is 5.91 Å². The van der Waals surface area contributed by atoms with E-state index in [2.05, 4.69) is 15.3 Å². The fraction of sp³-hybridized carbons (Fsp3) is 0.304. The van der Waals surface area contributed by atoms with Crippen LogP contribution in [0.5, 0.6) is 0 Å². The minimum absolute atomic E-state index is 0.174. The van der Waals surface area contributed by atoms with Gasteiger partial charge in [-0.2, -0.15) is 18.3 Å². The van der Waals surface area contributed by atoms with E-state index in [0.717, 1.165) is 12.1 Å². The highest BCUT2D eigenvalue weighted by molar-refractivity contribution is 5.92. The number of aromatic nitrogens is 2. The molecule has 0 bridgehead atoms. The molecule has 1 aromatic heterocycles. The molecule has 1 atom stereocenters. The maximum Gasteiger partial charge on any atom is 0.416 e. The molecule has 0 saturated carbocycles. The van der Waals surface area contributed by atoms with Crippen LogP contribution in [0, 0.1) is 5.82 Å². The fourth-order valence-corrected chi connectivity index (χ4v) is 3.70. The zero-order valence-electron chi connectivity index (χ0n) is 17.6. The monoisotopic (exact) mass is 462 g/mol. The van der Waals surface area contributed by atoms with Crippen molar-refractivity contribution in [3.8, 4) is 5.69 Å². The molecule has 1 N–H and O–H groups in total. The normalized spacial score (nSPS) is 15.9. The third kappa shape index (κ3) is 5.58. The Balaban J connectivity index is 1.47. The smallest absolute Gasteiger partial charge is 0.379 e. The van der Waals surface area contributed by atoms with Gasteiger partial charge in [-0.25, -0.2) is 9.07 Å². The number of ether oxygens (including phenoxy) is 1. The molecule has 1 saturated heterocycles. The molecule has 4 rings (SSSR count). The summed E-state index contributed by atoms with van der Waals surface area (Å²) in [5.74, 6) is -0.790.